The van der Waals surface area contributed by atoms with Gasteiger partial charge in [-0.15, -0.1) is 11.3 Å². The van der Waals surface area contributed by atoms with Crippen LogP contribution in [0.15, 0.2) is 35.7 Å². The summed E-state index contributed by atoms with van der Waals surface area (Å²) in [5.74, 6) is -0.352. The van der Waals surface area contributed by atoms with Gasteiger partial charge in [0.1, 0.15) is 5.82 Å². The molecule has 3 rings (SSSR count). The molecule has 0 bridgehead atoms. The fraction of sp³-hybridized carbons (Fsp3) is 0.500. The number of benzene rings is 1. The van der Waals surface area contributed by atoms with E-state index in [0.29, 0.717) is 26.2 Å². The minimum atomic E-state index is -0.302. The summed E-state index contributed by atoms with van der Waals surface area (Å²) in [7, 11) is 1.60. The molecule has 1 aromatic carbocycles. The average Bonchev–Trinajstić information content (AvgIpc) is 3.44. The van der Waals surface area contributed by atoms with Crippen molar-refractivity contribution in [2.75, 3.05) is 26.8 Å². The number of ether oxygens (including phenoxy) is 1. The lowest BCUT2D eigenvalue weighted by Crippen LogP contribution is -2.45. The molecule has 1 aliphatic rings. The number of carbonyl (C=O) groups excluding carboxylic acids is 2. The van der Waals surface area contributed by atoms with Crippen molar-refractivity contribution in [3.63, 3.8) is 0 Å². The third kappa shape index (κ3) is 6.61. The topological polar surface area (TPSA) is 49.9 Å². The molecule has 2 aromatic rings. The van der Waals surface area contributed by atoms with Crippen LogP contribution in [0.2, 0.25) is 0 Å². The van der Waals surface area contributed by atoms with Gasteiger partial charge >= 0.3 is 0 Å². The van der Waals surface area contributed by atoms with Gasteiger partial charge < -0.3 is 14.5 Å². The maximum absolute atomic E-state index is 13.4. The molecule has 168 valence electrons. The van der Waals surface area contributed by atoms with E-state index in [4.69, 9.17) is 4.74 Å². The van der Waals surface area contributed by atoms with Crippen LogP contribution in [0.4, 0.5) is 4.39 Å². The van der Waals surface area contributed by atoms with Gasteiger partial charge in [0.2, 0.25) is 11.8 Å². The number of hydrogen-bond donors (Lipinski definition) is 0. The number of nitrogens with zero attached hydrogens (tertiary/aromatic N) is 2. The first-order valence-electron chi connectivity index (χ1n) is 10.8. The summed E-state index contributed by atoms with van der Waals surface area (Å²) < 4.78 is 18.5. The Morgan fingerprint density at radius 1 is 1.10 bits per heavy atom. The van der Waals surface area contributed by atoms with Gasteiger partial charge in [0, 0.05) is 31.0 Å². The van der Waals surface area contributed by atoms with Gasteiger partial charge in [-0.25, -0.2) is 4.39 Å². The van der Waals surface area contributed by atoms with E-state index in [0.717, 1.165) is 41.7 Å². The quantitative estimate of drug-likeness (QED) is 0.544. The van der Waals surface area contributed by atoms with E-state index in [1.807, 2.05) is 18.4 Å². The largest absolute Gasteiger partial charge is 0.383 e. The monoisotopic (exact) mass is 446 g/mol. The Balaban J connectivity index is 1.76. The Morgan fingerprint density at radius 2 is 1.81 bits per heavy atom. The Morgan fingerprint density at radius 3 is 2.42 bits per heavy atom. The van der Waals surface area contributed by atoms with Crippen LogP contribution >= 0.6 is 11.3 Å². The van der Waals surface area contributed by atoms with E-state index in [2.05, 4.69) is 0 Å². The number of methoxy groups -OCH3 is 1. The minimum Gasteiger partial charge on any atom is -0.383 e. The highest BCUT2D eigenvalue weighted by atomic mass is 32.1. The van der Waals surface area contributed by atoms with Crippen molar-refractivity contribution in [2.24, 2.45) is 5.92 Å². The summed E-state index contributed by atoms with van der Waals surface area (Å²) in [6, 6.07) is 8.24. The molecule has 0 spiro atoms. The van der Waals surface area contributed by atoms with Gasteiger partial charge in [-0.3, -0.25) is 9.59 Å². The van der Waals surface area contributed by atoms with Crippen LogP contribution < -0.4 is 0 Å². The van der Waals surface area contributed by atoms with Crippen LogP contribution in [0.3, 0.4) is 0 Å². The van der Waals surface area contributed by atoms with Crippen LogP contribution in [0, 0.1) is 18.7 Å². The van der Waals surface area contributed by atoms with Crippen molar-refractivity contribution in [2.45, 2.75) is 45.7 Å². The first kappa shape index (κ1) is 23.4. The standard InChI is InChI=1S/C24H31FN2O3S/c1-18-11-14-31-22(18)16-27(15-19-7-9-21(25)10-8-19)23(28)17-26(12-13-30-2)24(29)20-5-3-4-6-20/h7-11,14,20H,3-6,12-13,15-17H2,1-2H3. The van der Waals surface area contributed by atoms with E-state index >= 15 is 0 Å². The van der Waals surface area contributed by atoms with Crippen molar-refractivity contribution < 1.29 is 18.7 Å². The van der Waals surface area contributed by atoms with Crippen LogP contribution in [-0.4, -0.2) is 48.4 Å². The highest BCUT2D eigenvalue weighted by Crippen LogP contribution is 2.27. The fourth-order valence-electron chi connectivity index (χ4n) is 3.94. The second-order valence-electron chi connectivity index (χ2n) is 8.14. The molecule has 7 heteroatoms. The zero-order valence-corrected chi connectivity index (χ0v) is 19.1. The predicted octanol–water partition coefficient (Wildman–Crippen LogP) is 4.39. The first-order valence-corrected chi connectivity index (χ1v) is 11.7. The Hall–Kier alpha value is -2.25. The van der Waals surface area contributed by atoms with Gasteiger partial charge in [-0.2, -0.15) is 0 Å². The highest BCUT2D eigenvalue weighted by Gasteiger charge is 2.29. The second-order valence-corrected chi connectivity index (χ2v) is 9.14. The molecule has 1 heterocycles. The molecule has 0 aliphatic heterocycles. The van der Waals surface area contributed by atoms with Gasteiger partial charge in [-0.1, -0.05) is 25.0 Å². The number of rotatable bonds is 10. The average molecular weight is 447 g/mol. The summed E-state index contributed by atoms with van der Waals surface area (Å²) in [5.41, 5.74) is 2.00. The Labute approximate surface area is 187 Å². The number of thiophene rings is 1. The number of amides is 2. The van der Waals surface area contributed by atoms with E-state index in [1.165, 1.54) is 12.1 Å². The summed E-state index contributed by atoms with van der Waals surface area (Å²) in [6.07, 6.45) is 3.92. The van der Waals surface area contributed by atoms with Crippen molar-refractivity contribution in [3.05, 3.63) is 57.5 Å². The molecule has 0 atom stereocenters. The lowest BCUT2D eigenvalue weighted by atomic mass is 10.1. The molecule has 0 N–H and O–H groups in total. The van der Waals surface area contributed by atoms with Gasteiger partial charge in [0.15, 0.2) is 0 Å². The molecule has 1 aromatic heterocycles. The van der Waals surface area contributed by atoms with E-state index in [-0.39, 0.29) is 30.1 Å². The molecule has 5 nitrogen and oxygen atoms in total. The second kappa shape index (κ2) is 11.4. The van der Waals surface area contributed by atoms with Gasteiger partial charge in [0.25, 0.3) is 0 Å². The zero-order valence-electron chi connectivity index (χ0n) is 18.3. The smallest absolute Gasteiger partial charge is 0.242 e. The molecule has 1 saturated carbocycles. The Bertz CT molecular complexity index is 862. The molecule has 0 radical (unpaired) electrons. The van der Waals surface area contributed by atoms with Crippen LogP contribution in [-0.2, 0) is 27.4 Å². The molecular formula is C24H31FN2O3S. The van der Waals surface area contributed by atoms with Crippen molar-refractivity contribution in [1.29, 1.82) is 0 Å². The lowest BCUT2D eigenvalue weighted by Gasteiger charge is -2.29. The van der Waals surface area contributed by atoms with E-state index in [1.54, 1.807) is 40.4 Å². The molecule has 1 aliphatic carbocycles. The molecule has 31 heavy (non-hydrogen) atoms. The number of halogens is 1. The van der Waals surface area contributed by atoms with Crippen LogP contribution in [0.5, 0.6) is 0 Å². The number of carbonyl (C=O) groups is 2. The minimum absolute atomic E-state index is 0.00902. The molecule has 0 unspecified atom stereocenters. The summed E-state index contributed by atoms with van der Waals surface area (Å²) >= 11 is 1.61. The lowest BCUT2D eigenvalue weighted by molar-refractivity contribution is -0.144. The molecule has 0 saturated heterocycles. The third-order valence-corrected chi connectivity index (χ3v) is 6.86. The SMILES string of the molecule is COCCN(CC(=O)N(Cc1ccc(F)cc1)Cc1sccc1C)C(=O)C1CCCC1. The maximum Gasteiger partial charge on any atom is 0.242 e. The zero-order chi connectivity index (χ0) is 22.2. The van der Waals surface area contributed by atoms with Crippen molar-refractivity contribution in [1.82, 2.24) is 9.80 Å². The summed E-state index contributed by atoms with van der Waals surface area (Å²) in [4.78, 5) is 30.9. The summed E-state index contributed by atoms with van der Waals surface area (Å²) in [5, 5.41) is 2.01. The van der Waals surface area contributed by atoms with Crippen molar-refractivity contribution in [3.8, 4) is 0 Å². The predicted molar refractivity (Wildman–Crippen MR) is 120 cm³/mol. The number of aryl methyl sites for hydroxylation is 1. The normalized spacial score (nSPS) is 14.0. The maximum atomic E-state index is 13.4. The van der Waals surface area contributed by atoms with Crippen LogP contribution in [0.25, 0.3) is 0 Å². The molecule has 2 amide bonds. The van der Waals surface area contributed by atoms with Gasteiger partial charge in [0.05, 0.1) is 19.7 Å². The van der Waals surface area contributed by atoms with E-state index in [9.17, 15) is 14.0 Å². The Kier molecular flexibility index (Phi) is 8.60. The van der Waals surface area contributed by atoms with Crippen LogP contribution in [0.1, 0.15) is 41.7 Å². The van der Waals surface area contributed by atoms with Crippen molar-refractivity contribution >= 4 is 23.2 Å². The first-order chi connectivity index (χ1) is 15.0. The molecular weight excluding hydrogens is 415 g/mol. The fourth-order valence-corrected chi connectivity index (χ4v) is 4.87. The van der Waals surface area contributed by atoms with E-state index < -0.39 is 0 Å². The number of hydrogen-bond acceptors (Lipinski definition) is 4. The third-order valence-electron chi connectivity index (χ3n) is 5.85. The summed E-state index contributed by atoms with van der Waals surface area (Å²) in [6.45, 7) is 3.70. The highest BCUT2D eigenvalue weighted by molar-refractivity contribution is 7.10. The molecule has 1 fully saturated rings. The van der Waals surface area contributed by atoms with Gasteiger partial charge in [-0.05, 0) is 54.5 Å².